The van der Waals surface area contributed by atoms with Crippen LogP contribution in [0.15, 0.2) is 30.3 Å². The summed E-state index contributed by atoms with van der Waals surface area (Å²) in [7, 11) is 1.49. The van der Waals surface area contributed by atoms with Crippen molar-refractivity contribution in [3.63, 3.8) is 0 Å². The van der Waals surface area contributed by atoms with Crippen molar-refractivity contribution in [2.24, 2.45) is 11.3 Å². The van der Waals surface area contributed by atoms with Crippen LogP contribution in [0, 0.1) is 18.3 Å². The molecule has 0 aliphatic rings. The van der Waals surface area contributed by atoms with Crippen molar-refractivity contribution in [1.29, 1.82) is 0 Å². The lowest BCUT2D eigenvalue weighted by Gasteiger charge is -2.19. The Bertz CT molecular complexity index is 973. The number of rotatable bonds is 10. The summed E-state index contributed by atoms with van der Waals surface area (Å²) in [6.07, 6.45) is 0.334. The van der Waals surface area contributed by atoms with Crippen LogP contribution in [0.5, 0.6) is 23.0 Å². The van der Waals surface area contributed by atoms with Crippen LogP contribution in [-0.4, -0.2) is 42.3 Å². The highest BCUT2D eigenvalue weighted by atomic mass is 16.5. The second kappa shape index (κ2) is 10.4. The Balaban J connectivity index is 2.01. The fraction of sp³-hybridized carbons (Fsp3) is 0.440. The van der Waals surface area contributed by atoms with Gasteiger partial charge in [0.15, 0.2) is 17.3 Å². The van der Waals surface area contributed by atoms with Gasteiger partial charge in [0.2, 0.25) is 0 Å². The first-order chi connectivity index (χ1) is 14.9. The van der Waals surface area contributed by atoms with Gasteiger partial charge in [0.05, 0.1) is 31.5 Å². The predicted molar refractivity (Wildman–Crippen MR) is 121 cm³/mol. The Morgan fingerprint density at radius 2 is 1.59 bits per heavy atom. The van der Waals surface area contributed by atoms with E-state index in [1.165, 1.54) is 19.2 Å². The minimum absolute atomic E-state index is 0.0445. The largest absolute Gasteiger partial charge is 0.507 e. The van der Waals surface area contributed by atoms with E-state index in [2.05, 4.69) is 0 Å². The van der Waals surface area contributed by atoms with Gasteiger partial charge in [-0.1, -0.05) is 27.7 Å². The molecule has 32 heavy (non-hydrogen) atoms. The average Bonchev–Trinajstić information content (AvgIpc) is 2.71. The maximum atomic E-state index is 12.5. The highest BCUT2D eigenvalue weighted by Crippen LogP contribution is 2.33. The predicted octanol–water partition coefficient (Wildman–Crippen LogP) is 5.12. The van der Waals surface area contributed by atoms with E-state index in [9.17, 15) is 14.7 Å². The minimum atomic E-state index is -1.05. The molecule has 0 saturated heterocycles. The number of phenols is 1. The van der Waals surface area contributed by atoms with Crippen LogP contribution in [0.1, 0.15) is 60.4 Å². The van der Waals surface area contributed by atoms with Gasteiger partial charge in [0, 0.05) is 17.9 Å². The molecule has 2 aromatic carbocycles. The summed E-state index contributed by atoms with van der Waals surface area (Å²) in [6.45, 7) is 10.1. The molecule has 7 nitrogen and oxygen atoms in total. The van der Waals surface area contributed by atoms with Gasteiger partial charge in [-0.2, -0.15) is 0 Å². The van der Waals surface area contributed by atoms with Gasteiger partial charge in [0.25, 0.3) is 0 Å². The molecule has 0 unspecified atom stereocenters. The number of Topliss-reactive ketones (excluding diaryl/α,β-unsaturated/α-hetero) is 1. The van der Waals surface area contributed by atoms with E-state index in [1.807, 2.05) is 27.7 Å². The number of carboxylic acid groups (broad SMARTS) is 1. The lowest BCUT2D eigenvalue weighted by molar-refractivity contribution is 0.0695. The van der Waals surface area contributed by atoms with E-state index < -0.39 is 5.97 Å². The molecule has 0 bridgehead atoms. The summed E-state index contributed by atoms with van der Waals surface area (Å²) < 4.78 is 16.8. The number of aromatic carboxylic acids is 1. The molecule has 0 aromatic heterocycles. The number of hydrogen-bond acceptors (Lipinski definition) is 6. The number of phenolic OH excluding ortho intramolecular Hbond substituents is 1. The second-order valence-corrected chi connectivity index (χ2v) is 9.14. The third-order valence-corrected chi connectivity index (χ3v) is 4.83. The molecule has 0 heterocycles. The van der Waals surface area contributed by atoms with Crippen molar-refractivity contribution in [2.45, 2.75) is 41.0 Å². The fourth-order valence-corrected chi connectivity index (χ4v) is 3.07. The van der Waals surface area contributed by atoms with Crippen molar-refractivity contribution in [3.8, 4) is 23.0 Å². The smallest absolute Gasteiger partial charge is 0.335 e. The van der Waals surface area contributed by atoms with Crippen LogP contribution >= 0.6 is 0 Å². The number of carbonyl (C=O) groups excluding carboxylic acids is 1. The van der Waals surface area contributed by atoms with E-state index in [0.717, 1.165) is 0 Å². The van der Waals surface area contributed by atoms with Crippen LogP contribution in [-0.2, 0) is 0 Å². The van der Waals surface area contributed by atoms with Gasteiger partial charge in [-0.15, -0.1) is 0 Å². The Morgan fingerprint density at radius 1 is 1.00 bits per heavy atom. The van der Waals surface area contributed by atoms with Gasteiger partial charge >= 0.3 is 5.97 Å². The average molecular weight is 445 g/mol. The van der Waals surface area contributed by atoms with Gasteiger partial charge in [-0.3, -0.25) is 4.79 Å². The van der Waals surface area contributed by atoms with Crippen molar-refractivity contribution in [1.82, 2.24) is 0 Å². The molecule has 7 heteroatoms. The lowest BCUT2D eigenvalue weighted by Crippen LogP contribution is -2.17. The number of methoxy groups -OCH3 is 1. The molecule has 0 aliphatic heterocycles. The summed E-state index contributed by atoms with van der Waals surface area (Å²) in [5.41, 5.74) is 0.742. The lowest BCUT2D eigenvalue weighted by atomic mass is 9.87. The molecule has 0 aliphatic carbocycles. The molecule has 2 N–H and O–H groups in total. The Morgan fingerprint density at radius 3 is 2.16 bits per heavy atom. The molecule has 0 fully saturated rings. The highest BCUT2D eigenvalue weighted by molar-refractivity contribution is 5.99. The van der Waals surface area contributed by atoms with Crippen LogP contribution < -0.4 is 14.2 Å². The summed E-state index contributed by atoms with van der Waals surface area (Å²) in [5.74, 6) is 0.0201. The molecule has 0 radical (unpaired) electrons. The molecule has 2 rings (SSSR count). The number of carbonyl (C=O) groups is 2. The Kier molecular flexibility index (Phi) is 8.14. The van der Waals surface area contributed by atoms with Crippen molar-refractivity contribution < 1.29 is 34.0 Å². The molecule has 0 amide bonds. The van der Waals surface area contributed by atoms with E-state index in [1.54, 1.807) is 25.1 Å². The SMILES string of the molecule is COc1ccc(C(=O)O)cc1OC[C@@H](C)COc1ccc(C(=O)CC(C)(C)C)c(O)c1C. The maximum absolute atomic E-state index is 12.5. The zero-order valence-corrected chi connectivity index (χ0v) is 19.5. The number of ether oxygens (including phenoxy) is 3. The van der Waals surface area contributed by atoms with Crippen molar-refractivity contribution in [2.75, 3.05) is 20.3 Å². The Hall–Kier alpha value is -3.22. The first-order valence-corrected chi connectivity index (χ1v) is 10.5. The van der Waals surface area contributed by atoms with Gasteiger partial charge in [-0.05, 0) is 42.7 Å². The first kappa shape index (κ1) is 25.0. The van der Waals surface area contributed by atoms with E-state index >= 15 is 0 Å². The quantitative estimate of drug-likeness (QED) is 0.490. The number of carboxylic acids is 1. The fourth-order valence-electron chi connectivity index (χ4n) is 3.07. The Labute approximate surface area is 188 Å². The third-order valence-electron chi connectivity index (χ3n) is 4.83. The van der Waals surface area contributed by atoms with E-state index in [0.29, 0.717) is 41.4 Å². The van der Waals surface area contributed by atoms with Crippen molar-refractivity contribution in [3.05, 3.63) is 47.0 Å². The molecular formula is C25H32O7. The molecule has 174 valence electrons. The number of aromatic hydroxyl groups is 1. The zero-order valence-electron chi connectivity index (χ0n) is 19.5. The highest BCUT2D eigenvalue weighted by Gasteiger charge is 2.22. The van der Waals surface area contributed by atoms with Crippen LogP contribution in [0.2, 0.25) is 0 Å². The number of benzene rings is 2. The van der Waals surface area contributed by atoms with Gasteiger partial charge < -0.3 is 24.4 Å². The molecular weight excluding hydrogens is 412 g/mol. The van der Waals surface area contributed by atoms with Crippen molar-refractivity contribution >= 4 is 11.8 Å². The summed E-state index contributed by atoms with van der Waals surface area (Å²) in [5, 5.41) is 19.7. The monoisotopic (exact) mass is 444 g/mol. The summed E-state index contributed by atoms with van der Waals surface area (Å²) >= 11 is 0. The number of ketones is 1. The zero-order chi connectivity index (χ0) is 24.1. The molecule has 0 spiro atoms. The second-order valence-electron chi connectivity index (χ2n) is 9.14. The molecule has 1 atom stereocenters. The first-order valence-electron chi connectivity index (χ1n) is 10.5. The summed E-state index contributed by atoms with van der Waals surface area (Å²) in [6, 6.07) is 7.71. The molecule has 2 aromatic rings. The third kappa shape index (κ3) is 6.64. The topological polar surface area (TPSA) is 102 Å². The number of hydrogen-bond donors (Lipinski definition) is 2. The van der Waals surface area contributed by atoms with E-state index in [-0.39, 0.29) is 35.0 Å². The maximum Gasteiger partial charge on any atom is 0.335 e. The van der Waals surface area contributed by atoms with Gasteiger partial charge in [0.1, 0.15) is 11.5 Å². The van der Waals surface area contributed by atoms with Gasteiger partial charge in [-0.25, -0.2) is 4.79 Å². The standard InChI is InChI=1S/C25H32O7/c1-15(14-32-22-11-17(24(28)29)7-9-21(22)30-6)13-31-20-10-8-18(23(27)16(20)2)19(26)12-25(3,4)5/h7-11,15,27H,12-14H2,1-6H3,(H,28,29)/t15-/m0/s1. The normalized spacial score (nSPS) is 12.2. The van der Waals surface area contributed by atoms with E-state index in [4.69, 9.17) is 19.3 Å². The van der Waals surface area contributed by atoms with Crippen LogP contribution in [0.25, 0.3) is 0 Å². The van der Waals surface area contributed by atoms with Crippen LogP contribution in [0.3, 0.4) is 0 Å². The van der Waals surface area contributed by atoms with Crippen LogP contribution in [0.4, 0.5) is 0 Å². The molecule has 0 saturated carbocycles. The summed E-state index contributed by atoms with van der Waals surface area (Å²) in [4.78, 5) is 23.7. The minimum Gasteiger partial charge on any atom is -0.507 e.